The zero-order valence-corrected chi connectivity index (χ0v) is 18.5. The third-order valence-electron chi connectivity index (χ3n) is 3.73. The predicted octanol–water partition coefficient (Wildman–Crippen LogP) is 4.17. The molecule has 0 aliphatic carbocycles. The summed E-state index contributed by atoms with van der Waals surface area (Å²) in [5.41, 5.74) is 2.69. The zero-order valence-electron chi connectivity index (χ0n) is 14.1. The third kappa shape index (κ3) is 4.49. The number of hydrogen-bond donors (Lipinski definition) is 1. The van der Waals surface area contributed by atoms with Crippen LogP contribution < -0.4 is 9.75 Å². The van der Waals surface area contributed by atoms with Crippen molar-refractivity contribution >= 4 is 74.5 Å². The molecule has 8 heteroatoms. The molecule has 1 aliphatic rings. The van der Waals surface area contributed by atoms with Crippen LogP contribution in [0.3, 0.4) is 0 Å². The average Bonchev–Trinajstić information content (AvgIpc) is 2.90. The van der Waals surface area contributed by atoms with Crippen LogP contribution in [0.4, 0.5) is 5.69 Å². The van der Waals surface area contributed by atoms with Gasteiger partial charge >= 0.3 is 5.97 Å². The molecule has 0 unspecified atom stereocenters. The van der Waals surface area contributed by atoms with Gasteiger partial charge in [0, 0.05) is 0 Å². The molecular formula is C19H14I2N2O4. The second kappa shape index (κ2) is 8.38. The van der Waals surface area contributed by atoms with Crippen LogP contribution in [0, 0.1) is 7.14 Å². The van der Waals surface area contributed by atoms with E-state index in [-0.39, 0.29) is 5.91 Å². The van der Waals surface area contributed by atoms with E-state index in [1.165, 1.54) is 5.01 Å². The van der Waals surface area contributed by atoms with Gasteiger partial charge in [0.05, 0.1) is 24.1 Å². The monoisotopic (exact) mass is 588 g/mol. The van der Waals surface area contributed by atoms with Crippen LogP contribution in [-0.2, 0) is 9.59 Å². The number of carboxylic acid groups (broad SMARTS) is 1. The topological polar surface area (TPSA) is 79.2 Å². The van der Waals surface area contributed by atoms with Gasteiger partial charge in [0.15, 0.2) is 6.61 Å². The maximum absolute atomic E-state index is 12.8. The van der Waals surface area contributed by atoms with E-state index >= 15 is 0 Å². The second-order valence-electron chi connectivity index (χ2n) is 5.69. The Morgan fingerprint density at radius 3 is 2.44 bits per heavy atom. The molecule has 0 atom stereocenters. The average molecular weight is 588 g/mol. The van der Waals surface area contributed by atoms with Gasteiger partial charge in [-0.05, 0) is 88.0 Å². The Morgan fingerprint density at radius 1 is 1.22 bits per heavy atom. The molecular weight excluding hydrogens is 574 g/mol. The number of ether oxygens (including phenoxy) is 1. The first-order chi connectivity index (χ1) is 12.9. The normalized spacial score (nSPS) is 15.2. The summed E-state index contributed by atoms with van der Waals surface area (Å²) in [7, 11) is 0. The molecule has 1 N–H and O–H groups in total. The highest BCUT2D eigenvalue weighted by Crippen LogP contribution is 2.31. The molecule has 2 aromatic rings. The van der Waals surface area contributed by atoms with Crippen LogP contribution in [0.5, 0.6) is 5.75 Å². The van der Waals surface area contributed by atoms with Crippen LogP contribution >= 0.6 is 45.2 Å². The van der Waals surface area contributed by atoms with Crippen molar-refractivity contribution in [3.05, 3.63) is 60.7 Å². The predicted molar refractivity (Wildman–Crippen MR) is 120 cm³/mol. The minimum Gasteiger partial charge on any atom is -0.480 e. The Bertz CT molecular complexity index is 948. The number of halogens is 2. The van der Waals surface area contributed by atoms with E-state index in [0.29, 0.717) is 22.7 Å². The first-order valence-corrected chi connectivity index (χ1v) is 10.0. The summed E-state index contributed by atoms with van der Waals surface area (Å²) in [5.74, 6) is -0.693. The van der Waals surface area contributed by atoms with Gasteiger partial charge in [-0.2, -0.15) is 10.1 Å². The maximum atomic E-state index is 12.8. The lowest BCUT2D eigenvalue weighted by atomic mass is 10.1. The summed E-state index contributed by atoms with van der Waals surface area (Å²) in [5, 5.41) is 14.5. The van der Waals surface area contributed by atoms with Gasteiger partial charge in [0.1, 0.15) is 5.75 Å². The lowest BCUT2D eigenvalue weighted by molar-refractivity contribution is -0.139. The van der Waals surface area contributed by atoms with Crippen LogP contribution in [0.15, 0.2) is 53.1 Å². The van der Waals surface area contributed by atoms with E-state index in [1.807, 2.05) is 42.5 Å². The van der Waals surface area contributed by atoms with Gasteiger partial charge in [0.25, 0.3) is 5.91 Å². The van der Waals surface area contributed by atoms with E-state index in [9.17, 15) is 9.59 Å². The van der Waals surface area contributed by atoms with E-state index in [4.69, 9.17) is 9.84 Å². The largest absolute Gasteiger partial charge is 0.480 e. The van der Waals surface area contributed by atoms with Gasteiger partial charge in [-0.1, -0.05) is 18.2 Å². The number of rotatable bonds is 5. The fourth-order valence-electron chi connectivity index (χ4n) is 2.53. The van der Waals surface area contributed by atoms with Crippen molar-refractivity contribution in [2.45, 2.75) is 6.92 Å². The molecule has 0 saturated heterocycles. The quantitative estimate of drug-likeness (QED) is 0.421. The summed E-state index contributed by atoms with van der Waals surface area (Å²) >= 11 is 4.18. The van der Waals surface area contributed by atoms with Crippen molar-refractivity contribution in [2.75, 3.05) is 11.6 Å². The first kappa shape index (κ1) is 19.8. The van der Waals surface area contributed by atoms with Gasteiger partial charge in [-0.3, -0.25) is 4.79 Å². The Balaban J connectivity index is 1.90. The highest BCUT2D eigenvalue weighted by molar-refractivity contribution is 14.1. The molecule has 27 heavy (non-hydrogen) atoms. The second-order valence-corrected chi connectivity index (χ2v) is 8.02. The summed E-state index contributed by atoms with van der Waals surface area (Å²) in [6, 6.07) is 13.0. The van der Waals surface area contributed by atoms with Gasteiger partial charge in [-0.15, -0.1) is 0 Å². The number of carboxylic acids is 1. The highest BCUT2D eigenvalue weighted by Gasteiger charge is 2.28. The molecule has 6 nitrogen and oxygen atoms in total. The van der Waals surface area contributed by atoms with Crippen molar-refractivity contribution in [2.24, 2.45) is 5.10 Å². The van der Waals surface area contributed by atoms with E-state index in [0.717, 1.165) is 12.7 Å². The molecule has 1 amide bonds. The Labute approximate surface area is 183 Å². The fraction of sp³-hybridized carbons (Fsp3) is 0.105. The summed E-state index contributed by atoms with van der Waals surface area (Å²) in [6.07, 6.45) is 1.79. The zero-order chi connectivity index (χ0) is 19.6. The third-order valence-corrected chi connectivity index (χ3v) is 5.34. The van der Waals surface area contributed by atoms with E-state index in [1.54, 1.807) is 13.0 Å². The smallest absolute Gasteiger partial charge is 0.341 e. The molecule has 0 aromatic heterocycles. The van der Waals surface area contributed by atoms with Crippen LogP contribution in [-0.4, -0.2) is 29.3 Å². The number of para-hydroxylation sites is 1. The molecule has 0 spiro atoms. The number of hydrogen-bond acceptors (Lipinski definition) is 4. The van der Waals surface area contributed by atoms with Crippen LogP contribution in [0.2, 0.25) is 0 Å². The summed E-state index contributed by atoms with van der Waals surface area (Å²) < 4.78 is 6.88. The summed E-state index contributed by atoms with van der Waals surface area (Å²) in [4.78, 5) is 23.5. The van der Waals surface area contributed by atoms with Crippen LogP contribution in [0.1, 0.15) is 12.5 Å². The Kier molecular flexibility index (Phi) is 6.15. The Hall–Kier alpha value is -1.95. The van der Waals surface area contributed by atoms with Gasteiger partial charge < -0.3 is 9.84 Å². The SMILES string of the molecule is CC1=NN(c2ccccc2)C(=O)/C1=C/c1cc(I)c(OCC(=O)O)c(I)c1. The van der Waals surface area contributed by atoms with Crippen molar-refractivity contribution in [3.63, 3.8) is 0 Å². The molecule has 0 saturated carbocycles. The molecule has 1 heterocycles. The van der Waals surface area contributed by atoms with E-state index < -0.39 is 12.6 Å². The number of nitrogens with zero attached hydrogens (tertiary/aromatic N) is 2. The fourth-order valence-corrected chi connectivity index (χ4v) is 4.66. The first-order valence-electron chi connectivity index (χ1n) is 7.87. The lowest BCUT2D eigenvalue weighted by Gasteiger charge is -2.11. The molecule has 0 radical (unpaired) electrons. The van der Waals surface area contributed by atoms with Crippen molar-refractivity contribution in [1.82, 2.24) is 0 Å². The maximum Gasteiger partial charge on any atom is 0.341 e. The van der Waals surface area contributed by atoms with Gasteiger partial charge in [0.2, 0.25) is 0 Å². The van der Waals surface area contributed by atoms with Crippen molar-refractivity contribution in [1.29, 1.82) is 0 Å². The van der Waals surface area contributed by atoms with Gasteiger partial charge in [-0.25, -0.2) is 4.79 Å². The number of benzene rings is 2. The molecule has 138 valence electrons. The minimum atomic E-state index is -1.03. The van der Waals surface area contributed by atoms with Crippen molar-refractivity contribution < 1.29 is 19.4 Å². The Morgan fingerprint density at radius 2 is 1.85 bits per heavy atom. The number of anilines is 1. The highest BCUT2D eigenvalue weighted by atomic mass is 127. The number of carbonyl (C=O) groups excluding carboxylic acids is 1. The molecule has 0 fully saturated rings. The number of carbonyl (C=O) groups is 2. The molecule has 2 aromatic carbocycles. The molecule has 0 bridgehead atoms. The standard InChI is InChI=1S/C19H14I2N2O4/c1-11-14(19(26)23(22-11)13-5-3-2-4-6-13)7-12-8-15(20)18(16(21)9-12)27-10-17(24)25/h2-9H,10H2,1H3,(H,24,25)/b14-7+. The van der Waals surface area contributed by atoms with E-state index in [2.05, 4.69) is 50.3 Å². The number of amides is 1. The summed E-state index contributed by atoms with van der Waals surface area (Å²) in [6.45, 7) is 1.40. The number of hydrazone groups is 1. The van der Waals surface area contributed by atoms with Crippen LogP contribution in [0.25, 0.3) is 6.08 Å². The minimum absolute atomic E-state index is 0.185. The molecule has 3 rings (SSSR count). The number of aliphatic carboxylic acids is 1. The molecule has 1 aliphatic heterocycles. The lowest BCUT2D eigenvalue weighted by Crippen LogP contribution is -2.21. The van der Waals surface area contributed by atoms with Crippen molar-refractivity contribution in [3.8, 4) is 5.75 Å².